The number of hydrogen-bond acceptors (Lipinski definition) is 4. The van der Waals surface area contributed by atoms with Crippen molar-refractivity contribution < 1.29 is 13.2 Å². The summed E-state index contributed by atoms with van der Waals surface area (Å²) in [5.74, 6) is 0. The molecular formula is C16H14F3N3OS2. The maximum Gasteiger partial charge on any atom is 0.417 e. The van der Waals surface area contributed by atoms with E-state index in [0.29, 0.717) is 17.8 Å². The second kappa shape index (κ2) is 6.72. The Kier molecular flexibility index (Phi) is 4.79. The lowest BCUT2D eigenvalue weighted by Crippen LogP contribution is -2.20. The standard InChI is InChI=1S/C16H14F3N3OS2/c1-2-3-6-22-13-12(14(23)21-15(22)24)9(16(17,18)19)8-10(20-13)11-5-4-7-25-11/h4-5,7-8H,2-3,6H2,1H3,(H,21,23,24). The van der Waals surface area contributed by atoms with Crippen LogP contribution in [-0.4, -0.2) is 14.5 Å². The van der Waals surface area contributed by atoms with Crippen molar-refractivity contribution >= 4 is 34.6 Å². The fraction of sp³-hybridized carbons (Fsp3) is 0.312. The highest BCUT2D eigenvalue weighted by Gasteiger charge is 2.35. The van der Waals surface area contributed by atoms with Gasteiger partial charge in [0.15, 0.2) is 4.77 Å². The van der Waals surface area contributed by atoms with Gasteiger partial charge in [0, 0.05) is 6.54 Å². The van der Waals surface area contributed by atoms with Crippen molar-refractivity contribution in [2.24, 2.45) is 0 Å². The van der Waals surface area contributed by atoms with E-state index in [1.54, 1.807) is 17.5 Å². The molecule has 0 atom stereocenters. The van der Waals surface area contributed by atoms with Crippen molar-refractivity contribution in [2.45, 2.75) is 32.5 Å². The first-order valence-corrected chi connectivity index (χ1v) is 8.90. The van der Waals surface area contributed by atoms with E-state index in [4.69, 9.17) is 12.2 Å². The van der Waals surface area contributed by atoms with Crippen LogP contribution in [0.5, 0.6) is 0 Å². The smallest absolute Gasteiger partial charge is 0.302 e. The zero-order valence-corrected chi connectivity index (χ0v) is 14.8. The van der Waals surface area contributed by atoms with Crippen LogP contribution < -0.4 is 5.56 Å². The summed E-state index contributed by atoms with van der Waals surface area (Å²) in [5.41, 5.74) is -1.71. The molecule has 0 radical (unpaired) electrons. The highest BCUT2D eigenvalue weighted by molar-refractivity contribution is 7.71. The summed E-state index contributed by atoms with van der Waals surface area (Å²) in [6, 6.07) is 4.36. The maximum absolute atomic E-state index is 13.6. The number of alkyl halides is 3. The zero-order valence-electron chi connectivity index (χ0n) is 13.2. The predicted octanol–water partition coefficient (Wildman–Crippen LogP) is 5.00. The van der Waals surface area contributed by atoms with Gasteiger partial charge in [0.1, 0.15) is 5.65 Å². The number of aromatic nitrogens is 3. The van der Waals surface area contributed by atoms with Gasteiger partial charge in [-0.05, 0) is 36.2 Å². The van der Waals surface area contributed by atoms with E-state index in [-0.39, 0.29) is 16.1 Å². The molecular weight excluding hydrogens is 371 g/mol. The zero-order chi connectivity index (χ0) is 18.2. The highest BCUT2D eigenvalue weighted by Crippen LogP contribution is 2.36. The molecule has 1 N–H and O–H groups in total. The fourth-order valence-corrected chi connectivity index (χ4v) is 3.53. The summed E-state index contributed by atoms with van der Waals surface area (Å²) >= 11 is 6.43. The number of fused-ring (bicyclic) bond motifs is 1. The lowest BCUT2D eigenvalue weighted by atomic mass is 10.1. The minimum Gasteiger partial charge on any atom is -0.302 e. The molecule has 3 heterocycles. The Balaban J connectivity index is 2.44. The van der Waals surface area contributed by atoms with Gasteiger partial charge in [-0.25, -0.2) is 4.98 Å². The van der Waals surface area contributed by atoms with Gasteiger partial charge in [-0.2, -0.15) is 13.2 Å². The Hall–Kier alpha value is -2.00. The molecule has 0 aromatic carbocycles. The normalized spacial score (nSPS) is 12.0. The van der Waals surface area contributed by atoms with Gasteiger partial charge in [-0.3, -0.25) is 9.78 Å². The van der Waals surface area contributed by atoms with E-state index < -0.39 is 22.7 Å². The van der Waals surface area contributed by atoms with E-state index in [2.05, 4.69) is 9.97 Å². The molecule has 0 aliphatic heterocycles. The number of hydrogen-bond donors (Lipinski definition) is 1. The van der Waals surface area contributed by atoms with Crippen LogP contribution in [0.15, 0.2) is 28.4 Å². The molecule has 0 amide bonds. The molecule has 0 saturated carbocycles. The molecule has 132 valence electrons. The van der Waals surface area contributed by atoms with Gasteiger partial charge in [-0.1, -0.05) is 19.4 Å². The van der Waals surface area contributed by atoms with Crippen molar-refractivity contribution in [3.8, 4) is 10.6 Å². The summed E-state index contributed by atoms with van der Waals surface area (Å²) in [4.78, 5) is 19.5. The summed E-state index contributed by atoms with van der Waals surface area (Å²) in [5, 5.41) is 1.29. The van der Waals surface area contributed by atoms with Crippen LogP contribution in [0.3, 0.4) is 0 Å². The number of H-pyrrole nitrogens is 1. The number of thiophene rings is 1. The van der Waals surface area contributed by atoms with Gasteiger partial charge in [-0.15, -0.1) is 11.3 Å². The number of nitrogens with one attached hydrogen (secondary N) is 1. The molecule has 3 aromatic heterocycles. The molecule has 25 heavy (non-hydrogen) atoms. The molecule has 9 heteroatoms. The van der Waals surface area contributed by atoms with Crippen molar-refractivity contribution in [1.82, 2.24) is 14.5 Å². The van der Waals surface area contributed by atoms with Gasteiger partial charge in [0.25, 0.3) is 5.56 Å². The third-order valence-corrected chi connectivity index (χ3v) is 4.98. The van der Waals surface area contributed by atoms with Crippen LogP contribution in [-0.2, 0) is 12.7 Å². The van der Waals surface area contributed by atoms with Gasteiger partial charge in [0.05, 0.1) is 21.5 Å². The second-order valence-corrected chi connectivity index (χ2v) is 6.83. The number of aryl methyl sites for hydroxylation is 1. The van der Waals surface area contributed by atoms with E-state index in [9.17, 15) is 18.0 Å². The predicted molar refractivity (Wildman–Crippen MR) is 94.4 cm³/mol. The van der Waals surface area contributed by atoms with Crippen molar-refractivity contribution in [3.63, 3.8) is 0 Å². The average Bonchev–Trinajstić information content (AvgIpc) is 3.07. The molecule has 3 rings (SSSR count). The molecule has 0 aliphatic carbocycles. The third-order valence-electron chi connectivity index (χ3n) is 3.76. The Morgan fingerprint density at radius 2 is 2.16 bits per heavy atom. The van der Waals surface area contributed by atoms with Crippen molar-refractivity contribution in [2.75, 3.05) is 0 Å². The lowest BCUT2D eigenvalue weighted by Gasteiger charge is -2.15. The van der Waals surface area contributed by atoms with Crippen molar-refractivity contribution in [1.29, 1.82) is 0 Å². The molecule has 0 fully saturated rings. The number of unbranched alkanes of at least 4 members (excludes halogenated alkanes) is 1. The third kappa shape index (κ3) is 3.38. The number of rotatable bonds is 4. The number of pyridine rings is 1. The minimum atomic E-state index is -4.67. The van der Waals surface area contributed by atoms with E-state index in [0.717, 1.165) is 12.5 Å². The molecule has 0 aliphatic rings. The van der Waals surface area contributed by atoms with Crippen LogP contribution in [0.1, 0.15) is 25.3 Å². The first-order valence-electron chi connectivity index (χ1n) is 7.62. The lowest BCUT2D eigenvalue weighted by molar-refractivity contribution is -0.136. The quantitative estimate of drug-likeness (QED) is 0.643. The second-order valence-electron chi connectivity index (χ2n) is 5.49. The Morgan fingerprint density at radius 3 is 2.76 bits per heavy atom. The van der Waals surface area contributed by atoms with E-state index in [1.165, 1.54) is 15.9 Å². The van der Waals surface area contributed by atoms with E-state index in [1.807, 2.05) is 6.92 Å². The average molecular weight is 385 g/mol. The fourth-order valence-electron chi connectivity index (χ4n) is 2.57. The van der Waals surface area contributed by atoms with Crippen LogP contribution >= 0.6 is 23.6 Å². The Morgan fingerprint density at radius 1 is 1.40 bits per heavy atom. The van der Waals surface area contributed by atoms with Gasteiger partial charge >= 0.3 is 6.18 Å². The first-order chi connectivity index (χ1) is 11.8. The number of nitrogens with zero attached hydrogens (tertiary/aromatic N) is 2. The maximum atomic E-state index is 13.6. The largest absolute Gasteiger partial charge is 0.417 e. The highest BCUT2D eigenvalue weighted by atomic mass is 32.1. The molecule has 3 aromatic rings. The summed E-state index contributed by atoms with van der Waals surface area (Å²) in [6.07, 6.45) is -3.13. The Bertz CT molecular complexity index is 1020. The topological polar surface area (TPSA) is 50.7 Å². The summed E-state index contributed by atoms with van der Waals surface area (Å²) < 4.78 is 42.3. The number of halogens is 3. The molecule has 0 bridgehead atoms. The molecule has 0 unspecified atom stereocenters. The van der Waals surface area contributed by atoms with Crippen LogP contribution in [0.2, 0.25) is 0 Å². The van der Waals surface area contributed by atoms with Crippen LogP contribution in [0.25, 0.3) is 21.6 Å². The first kappa shape index (κ1) is 17.8. The Labute approximate surface area is 150 Å². The summed E-state index contributed by atoms with van der Waals surface area (Å²) in [7, 11) is 0. The molecule has 0 spiro atoms. The minimum absolute atomic E-state index is 0.0274. The van der Waals surface area contributed by atoms with Gasteiger partial charge < -0.3 is 4.57 Å². The molecule has 4 nitrogen and oxygen atoms in total. The monoisotopic (exact) mass is 385 g/mol. The van der Waals surface area contributed by atoms with Crippen LogP contribution in [0, 0.1) is 4.77 Å². The summed E-state index contributed by atoms with van der Waals surface area (Å²) in [6.45, 7) is 2.35. The molecule has 0 saturated heterocycles. The van der Waals surface area contributed by atoms with Crippen molar-refractivity contribution in [3.05, 3.63) is 44.3 Å². The van der Waals surface area contributed by atoms with E-state index >= 15 is 0 Å². The van der Waals surface area contributed by atoms with Crippen LogP contribution in [0.4, 0.5) is 13.2 Å². The van der Waals surface area contributed by atoms with Gasteiger partial charge in [0.2, 0.25) is 0 Å². The number of aromatic amines is 1. The SMILES string of the molecule is CCCCn1c(=S)[nH]c(=O)c2c(C(F)(F)F)cc(-c3cccs3)nc21.